The topological polar surface area (TPSA) is 77.0 Å². The molecule has 0 fully saturated rings. The highest BCUT2D eigenvalue weighted by Crippen LogP contribution is 2.33. The van der Waals surface area contributed by atoms with Crippen LogP contribution in [0.1, 0.15) is 10.4 Å². The summed E-state index contributed by atoms with van der Waals surface area (Å²) in [6.07, 6.45) is -0.911. The van der Waals surface area contributed by atoms with E-state index in [1.807, 2.05) is 0 Å². The lowest BCUT2D eigenvalue weighted by Gasteiger charge is -2.21. The molecule has 6 nitrogen and oxygen atoms in total. The molecule has 3 rings (SSSR count). The Labute approximate surface area is 144 Å². The second-order valence-electron chi connectivity index (χ2n) is 5.46. The Bertz CT molecular complexity index is 735. The number of carbonyl (C=O) groups is 1. The third kappa shape index (κ3) is 4.39. The van der Waals surface area contributed by atoms with Gasteiger partial charge in [0.15, 0.2) is 11.5 Å². The van der Waals surface area contributed by atoms with Crippen molar-refractivity contribution >= 4 is 5.91 Å². The summed E-state index contributed by atoms with van der Waals surface area (Å²) in [7, 11) is 0. The molecule has 1 atom stereocenters. The lowest BCUT2D eigenvalue weighted by atomic mass is 10.1. The number of nitrogens with one attached hydrogen (secondary N) is 1. The minimum atomic E-state index is -0.911. The molecule has 2 N–H and O–H groups in total. The summed E-state index contributed by atoms with van der Waals surface area (Å²) < 4.78 is 29.1. The monoisotopic (exact) mass is 347 g/mol. The number of fused-ring (bicyclic) bond motifs is 1. The SMILES string of the molecule is O=C(NC[C@@H](O)COc1ccc(F)cc1)c1cccc2c1OCCO2. The lowest BCUT2D eigenvalue weighted by Crippen LogP contribution is -2.35. The third-order valence-corrected chi connectivity index (χ3v) is 3.57. The van der Waals surface area contributed by atoms with Gasteiger partial charge in [0.05, 0.1) is 5.56 Å². The molecule has 0 saturated heterocycles. The number of para-hydroxylation sites is 1. The maximum Gasteiger partial charge on any atom is 0.255 e. The zero-order valence-electron chi connectivity index (χ0n) is 13.4. The molecule has 2 aromatic rings. The number of halogens is 1. The standard InChI is InChI=1S/C18H18FNO5/c19-12-4-6-14(7-5-12)25-11-13(21)10-20-18(22)15-2-1-3-16-17(15)24-9-8-23-16/h1-7,13,21H,8-11H2,(H,20,22)/t13-/m1/s1. The van der Waals surface area contributed by atoms with Gasteiger partial charge in [0.1, 0.15) is 37.5 Å². The quantitative estimate of drug-likeness (QED) is 0.833. The molecule has 0 aliphatic carbocycles. The fourth-order valence-electron chi connectivity index (χ4n) is 2.34. The Kier molecular flexibility index (Phi) is 5.35. The normalized spacial score (nSPS) is 13.8. The number of carbonyl (C=O) groups excluding carboxylic acids is 1. The molecule has 1 aliphatic rings. The Morgan fingerprint density at radius 3 is 2.76 bits per heavy atom. The molecule has 0 unspecified atom stereocenters. The first-order valence-electron chi connectivity index (χ1n) is 7.87. The second-order valence-corrected chi connectivity index (χ2v) is 5.46. The molecule has 7 heteroatoms. The Hall–Kier alpha value is -2.80. The van der Waals surface area contributed by atoms with Crippen molar-refractivity contribution in [2.24, 2.45) is 0 Å². The second kappa shape index (κ2) is 7.85. The molecule has 1 heterocycles. The van der Waals surface area contributed by atoms with Crippen LogP contribution in [0, 0.1) is 5.82 Å². The summed E-state index contributed by atoms with van der Waals surface area (Å²) in [6, 6.07) is 10.5. The number of aliphatic hydroxyl groups excluding tert-OH is 1. The molecule has 1 amide bonds. The molecule has 0 spiro atoms. The highest BCUT2D eigenvalue weighted by Gasteiger charge is 2.20. The molecular formula is C18H18FNO5. The van der Waals surface area contributed by atoms with Crippen LogP contribution in [0.15, 0.2) is 42.5 Å². The summed E-state index contributed by atoms with van der Waals surface area (Å²) in [5.41, 5.74) is 0.351. The lowest BCUT2D eigenvalue weighted by molar-refractivity contribution is 0.0836. The minimum Gasteiger partial charge on any atom is -0.491 e. The van der Waals surface area contributed by atoms with E-state index >= 15 is 0 Å². The molecule has 25 heavy (non-hydrogen) atoms. The number of benzene rings is 2. The van der Waals surface area contributed by atoms with E-state index in [9.17, 15) is 14.3 Å². The van der Waals surface area contributed by atoms with Crippen molar-refractivity contribution in [1.29, 1.82) is 0 Å². The fraction of sp³-hybridized carbons (Fsp3) is 0.278. The zero-order chi connectivity index (χ0) is 17.6. The number of amides is 1. The predicted octanol–water partition coefficient (Wildman–Crippen LogP) is 1.77. The smallest absolute Gasteiger partial charge is 0.255 e. The van der Waals surface area contributed by atoms with E-state index in [4.69, 9.17) is 14.2 Å². The summed E-state index contributed by atoms with van der Waals surface area (Å²) in [5.74, 6) is 0.637. The first kappa shape index (κ1) is 17.0. The van der Waals surface area contributed by atoms with Gasteiger partial charge in [-0.1, -0.05) is 6.07 Å². The molecule has 0 bridgehead atoms. The van der Waals surface area contributed by atoms with Crippen LogP contribution in [0.5, 0.6) is 17.2 Å². The molecule has 0 saturated carbocycles. The van der Waals surface area contributed by atoms with Crippen molar-refractivity contribution in [3.63, 3.8) is 0 Å². The van der Waals surface area contributed by atoms with E-state index in [1.54, 1.807) is 18.2 Å². The number of hydrogen-bond donors (Lipinski definition) is 2. The number of ether oxygens (including phenoxy) is 3. The summed E-state index contributed by atoms with van der Waals surface area (Å²) in [4.78, 5) is 12.3. The van der Waals surface area contributed by atoms with Gasteiger partial charge in [-0.05, 0) is 36.4 Å². The van der Waals surface area contributed by atoms with Crippen molar-refractivity contribution < 1.29 is 28.5 Å². The Balaban J connectivity index is 1.51. The average Bonchev–Trinajstić information content (AvgIpc) is 2.65. The van der Waals surface area contributed by atoms with Crippen molar-refractivity contribution in [1.82, 2.24) is 5.32 Å². The van der Waals surface area contributed by atoms with Gasteiger partial charge in [0.25, 0.3) is 5.91 Å². The molecular weight excluding hydrogens is 329 g/mol. The van der Waals surface area contributed by atoms with Crippen LogP contribution in [-0.2, 0) is 0 Å². The third-order valence-electron chi connectivity index (χ3n) is 3.57. The van der Waals surface area contributed by atoms with E-state index in [0.717, 1.165) is 0 Å². The van der Waals surface area contributed by atoms with Gasteiger partial charge in [-0.15, -0.1) is 0 Å². The van der Waals surface area contributed by atoms with E-state index < -0.39 is 6.10 Å². The molecule has 0 aromatic heterocycles. The number of aliphatic hydroxyl groups is 1. The predicted molar refractivity (Wildman–Crippen MR) is 87.7 cm³/mol. The van der Waals surface area contributed by atoms with Crippen LogP contribution in [-0.4, -0.2) is 43.5 Å². The molecule has 2 aromatic carbocycles. The van der Waals surface area contributed by atoms with Gasteiger partial charge >= 0.3 is 0 Å². The minimum absolute atomic E-state index is 0.00452. The van der Waals surface area contributed by atoms with Crippen LogP contribution in [0.2, 0.25) is 0 Å². The average molecular weight is 347 g/mol. The Morgan fingerprint density at radius 1 is 1.20 bits per heavy atom. The van der Waals surface area contributed by atoms with E-state index in [2.05, 4.69) is 5.32 Å². The van der Waals surface area contributed by atoms with Gasteiger partial charge in [0, 0.05) is 6.54 Å². The van der Waals surface area contributed by atoms with Crippen LogP contribution in [0.3, 0.4) is 0 Å². The van der Waals surface area contributed by atoms with Crippen molar-refractivity contribution in [2.75, 3.05) is 26.4 Å². The largest absolute Gasteiger partial charge is 0.491 e. The summed E-state index contributed by atoms with van der Waals surface area (Å²) in [5, 5.41) is 12.6. The molecule has 132 valence electrons. The van der Waals surface area contributed by atoms with Crippen molar-refractivity contribution in [3.05, 3.63) is 53.8 Å². The van der Waals surface area contributed by atoms with Crippen molar-refractivity contribution in [2.45, 2.75) is 6.10 Å². The van der Waals surface area contributed by atoms with Gasteiger partial charge in [-0.2, -0.15) is 0 Å². The summed E-state index contributed by atoms with van der Waals surface area (Å²) >= 11 is 0. The van der Waals surface area contributed by atoms with E-state index in [0.29, 0.717) is 36.0 Å². The fourth-order valence-corrected chi connectivity index (χ4v) is 2.34. The first-order valence-corrected chi connectivity index (χ1v) is 7.87. The van der Waals surface area contributed by atoms with Gasteiger partial charge in [-0.25, -0.2) is 4.39 Å². The first-order chi connectivity index (χ1) is 12.1. The number of rotatable bonds is 6. The highest BCUT2D eigenvalue weighted by molar-refractivity contribution is 5.97. The van der Waals surface area contributed by atoms with Crippen LogP contribution in [0.25, 0.3) is 0 Å². The molecule has 0 radical (unpaired) electrons. The maximum absolute atomic E-state index is 12.8. The van der Waals surface area contributed by atoms with Crippen LogP contribution < -0.4 is 19.5 Å². The van der Waals surface area contributed by atoms with Gasteiger partial charge in [0.2, 0.25) is 0 Å². The van der Waals surface area contributed by atoms with Crippen LogP contribution in [0.4, 0.5) is 4.39 Å². The number of hydrogen-bond acceptors (Lipinski definition) is 5. The van der Waals surface area contributed by atoms with Gasteiger partial charge < -0.3 is 24.6 Å². The zero-order valence-corrected chi connectivity index (χ0v) is 13.4. The van der Waals surface area contributed by atoms with Gasteiger partial charge in [-0.3, -0.25) is 4.79 Å². The summed E-state index contributed by atoms with van der Waals surface area (Å²) in [6.45, 7) is 0.798. The molecule has 1 aliphatic heterocycles. The highest BCUT2D eigenvalue weighted by atomic mass is 19.1. The van der Waals surface area contributed by atoms with E-state index in [1.165, 1.54) is 24.3 Å². The van der Waals surface area contributed by atoms with Crippen molar-refractivity contribution in [3.8, 4) is 17.2 Å². The Morgan fingerprint density at radius 2 is 1.96 bits per heavy atom. The van der Waals surface area contributed by atoms with Crippen LogP contribution >= 0.6 is 0 Å². The van der Waals surface area contributed by atoms with E-state index in [-0.39, 0.29) is 24.9 Å². The maximum atomic E-state index is 12.8.